The molecule has 2 atom stereocenters. The topological polar surface area (TPSA) is 25.2 Å². The van der Waals surface area contributed by atoms with Gasteiger partial charge in [-0.25, -0.2) is 0 Å². The summed E-state index contributed by atoms with van der Waals surface area (Å²) >= 11 is 0. The van der Waals surface area contributed by atoms with Crippen molar-refractivity contribution in [1.29, 1.82) is 0 Å². The summed E-state index contributed by atoms with van der Waals surface area (Å²) in [6.45, 7) is 6.20. The Morgan fingerprint density at radius 2 is 1.86 bits per heavy atom. The maximum atomic E-state index is 12.0. The number of aryl methyl sites for hydroxylation is 1. The predicted molar refractivity (Wildman–Crippen MR) is 88.0 cm³/mol. The van der Waals surface area contributed by atoms with E-state index in [-0.39, 0.29) is 5.56 Å². The van der Waals surface area contributed by atoms with Crippen LogP contribution >= 0.6 is 0 Å². The average molecular weight is 294 g/mol. The predicted octanol–water partition coefficient (Wildman–Crippen LogP) is 2.78. The Bertz CT molecular complexity index is 732. The molecule has 1 saturated heterocycles. The minimum absolute atomic E-state index is 0.166. The summed E-state index contributed by atoms with van der Waals surface area (Å²) in [6, 6.07) is 14.6. The van der Waals surface area contributed by atoms with Gasteiger partial charge in [0, 0.05) is 43.9 Å². The van der Waals surface area contributed by atoms with Crippen LogP contribution in [-0.4, -0.2) is 22.6 Å². The molecule has 0 unspecified atom stereocenters. The second kappa shape index (κ2) is 5.40. The molecule has 0 saturated carbocycles. The maximum Gasteiger partial charge on any atom is 0.250 e. The van der Waals surface area contributed by atoms with Gasteiger partial charge in [0.25, 0.3) is 5.56 Å². The van der Waals surface area contributed by atoms with Crippen molar-refractivity contribution < 1.29 is 0 Å². The number of piperidine rings is 1. The summed E-state index contributed by atoms with van der Waals surface area (Å²) in [4.78, 5) is 14.6. The average Bonchev–Trinajstić information content (AvgIpc) is 2.51. The van der Waals surface area contributed by atoms with Gasteiger partial charge in [-0.15, -0.1) is 0 Å². The summed E-state index contributed by atoms with van der Waals surface area (Å²) < 4.78 is 2.00. The fourth-order valence-corrected chi connectivity index (χ4v) is 4.08. The fourth-order valence-electron chi connectivity index (χ4n) is 4.08. The van der Waals surface area contributed by atoms with Crippen molar-refractivity contribution in [2.24, 2.45) is 5.92 Å². The summed E-state index contributed by atoms with van der Waals surface area (Å²) in [5, 5.41) is 0. The van der Waals surface area contributed by atoms with Gasteiger partial charge in [0.1, 0.15) is 0 Å². The minimum atomic E-state index is 0.166. The lowest BCUT2D eigenvalue weighted by Crippen LogP contribution is -2.46. The van der Waals surface area contributed by atoms with Gasteiger partial charge in [0.05, 0.1) is 0 Å². The Hall–Kier alpha value is -1.87. The zero-order valence-corrected chi connectivity index (χ0v) is 13.0. The number of aromatic nitrogens is 1. The van der Waals surface area contributed by atoms with Crippen LogP contribution in [0, 0.1) is 12.8 Å². The molecule has 2 aliphatic heterocycles. The number of fused-ring (bicyclic) bond motifs is 4. The van der Waals surface area contributed by atoms with E-state index >= 15 is 0 Å². The van der Waals surface area contributed by atoms with Gasteiger partial charge in [-0.05, 0) is 30.9 Å². The number of nitrogens with zero attached hydrogens (tertiary/aromatic N) is 2. The minimum Gasteiger partial charge on any atom is -0.312 e. The van der Waals surface area contributed by atoms with Crippen LogP contribution < -0.4 is 5.56 Å². The smallest absolute Gasteiger partial charge is 0.250 e. The summed E-state index contributed by atoms with van der Waals surface area (Å²) in [6.07, 6.45) is 1.23. The lowest BCUT2D eigenvalue weighted by Gasteiger charge is -2.42. The second-order valence-corrected chi connectivity index (χ2v) is 6.88. The van der Waals surface area contributed by atoms with Crippen molar-refractivity contribution in [2.75, 3.05) is 13.1 Å². The second-order valence-electron chi connectivity index (χ2n) is 6.88. The molecule has 1 aromatic heterocycles. The molecular weight excluding hydrogens is 272 g/mol. The maximum absolute atomic E-state index is 12.0. The first-order chi connectivity index (χ1) is 10.7. The monoisotopic (exact) mass is 294 g/mol. The normalized spacial score (nSPS) is 24.0. The zero-order chi connectivity index (χ0) is 15.1. The number of likely N-dealkylation sites (tertiary alicyclic amines) is 1. The van der Waals surface area contributed by atoms with E-state index in [2.05, 4.69) is 42.2 Å². The number of benzene rings is 1. The quantitative estimate of drug-likeness (QED) is 0.851. The van der Waals surface area contributed by atoms with Gasteiger partial charge in [-0.1, -0.05) is 35.9 Å². The molecule has 2 bridgehead atoms. The summed E-state index contributed by atoms with van der Waals surface area (Å²) in [5.74, 6) is 1.11. The number of rotatable bonds is 2. The van der Waals surface area contributed by atoms with Gasteiger partial charge in [-0.2, -0.15) is 0 Å². The van der Waals surface area contributed by atoms with Crippen LogP contribution in [0.1, 0.15) is 29.2 Å². The van der Waals surface area contributed by atoms with Crippen molar-refractivity contribution in [3.63, 3.8) is 0 Å². The molecule has 22 heavy (non-hydrogen) atoms. The van der Waals surface area contributed by atoms with Crippen LogP contribution in [0.5, 0.6) is 0 Å². The summed E-state index contributed by atoms with van der Waals surface area (Å²) in [7, 11) is 0. The number of pyridine rings is 1. The van der Waals surface area contributed by atoms with Gasteiger partial charge >= 0.3 is 0 Å². The van der Waals surface area contributed by atoms with Crippen molar-refractivity contribution >= 4 is 0 Å². The molecule has 2 aromatic rings. The fraction of sp³-hybridized carbons (Fsp3) is 0.421. The molecule has 4 rings (SSSR count). The number of hydrogen-bond acceptors (Lipinski definition) is 2. The third kappa shape index (κ3) is 2.50. The first-order valence-corrected chi connectivity index (χ1v) is 8.17. The zero-order valence-electron chi connectivity index (χ0n) is 13.0. The van der Waals surface area contributed by atoms with Crippen LogP contribution in [0.25, 0.3) is 0 Å². The molecule has 0 aliphatic carbocycles. The Balaban J connectivity index is 1.56. The number of hydrogen-bond donors (Lipinski definition) is 0. The summed E-state index contributed by atoms with van der Waals surface area (Å²) in [5.41, 5.74) is 4.10. The van der Waals surface area contributed by atoms with Gasteiger partial charge < -0.3 is 4.57 Å². The Morgan fingerprint density at radius 1 is 1.05 bits per heavy atom. The largest absolute Gasteiger partial charge is 0.312 e. The van der Waals surface area contributed by atoms with Crippen molar-refractivity contribution in [1.82, 2.24) is 9.47 Å². The molecule has 3 nitrogen and oxygen atoms in total. The van der Waals surface area contributed by atoms with Crippen LogP contribution in [0.3, 0.4) is 0 Å². The first kappa shape index (κ1) is 13.8. The van der Waals surface area contributed by atoms with Crippen LogP contribution in [-0.2, 0) is 13.1 Å². The highest BCUT2D eigenvalue weighted by Crippen LogP contribution is 2.35. The van der Waals surface area contributed by atoms with Crippen LogP contribution in [0.2, 0.25) is 0 Å². The molecule has 3 heteroatoms. The molecule has 1 aromatic carbocycles. The first-order valence-electron chi connectivity index (χ1n) is 8.17. The lowest BCUT2D eigenvalue weighted by molar-refractivity contribution is 0.114. The van der Waals surface area contributed by atoms with Gasteiger partial charge in [0.15, 0.2) is 0 Å². The van der Waals surface area contributed by atoms with Gasteiger partial charge in [0.2, 0.25) is 0 Å². The third-order valence-corrected chi connectivity index (χ3v) is 5.08. The standard InChI is InChI=1S/C19H22N2O/c1-14-5-7-15(8-6-14)10-20-11-16-9-17(13-20)18-3-2-4-19(22)21(18)12-16/h2-8,16-17H,9-13H2,1H3/t16-,17-/m0/s1. The molecule has 2 aliphatic rings. The van der Waals surface area contributed by atoms with E-state index in [1.165, 1.54) is 23.2 Å². The van der Waals surface area contributed by atoms with E-state index in [4.69, 9.17) is 0 Å². The van der Waals surface area contributed by atoms with E-state index in [1.54, 1.807) is 6.07 Å². The molecule has 3 heterocycles. The molecule has 114 valence electrons. The third-order valence-electron chi connectivity index (χ3n) is 5.08. The van der Waals surface area contributed by atoms with Crippen molar-refractivity contribution in [2.45, 2.75) is 32.4 Å². The molecule has 1 fully saturated rings. The van der Waals surface area contributed by atoms with Crippen molar-refractivity contribution in [3.05, 3.63) is 69.6 Å². The van der Waals surface area contributed by atoms with Crippen molar-refractivity contribution in [3.8, 4) is 0 Å². The molecular formula is C19H22N2O. The molecule has 0 radical (unpaired) electrons. The Kier molecular flexibility index (Phi) is 3.38. The Morgan fingerprint density at radius 3 is 2.68 bits per heavy atom. The SMILES string of the molecule is Cc1ccc(CN2C[C@@H]3C[C@@H](C2)c2cccc(=O)n2C3)cc1. The molecule has 0 amide bonds. The van der Waals surface area contributed by atoms with Gasteiger partial charge in [-0.3, -0.25) is 9.69 Å². The lowest BCUT2D eigenvalue weighted by atomic mass is 9.83. The van der Waals surface area contributed by atoms with E-state index in [0.717, 1.165) is 26.2 Å². The highest BCUT2D eigenvalue weighted by atomic mass is 16.1. The van der Waals surface area contributed by atoms with E-state index < -0.39 is 0 Å². The van der Waals surface area contributed by atoms with E-state index in [9.17, 15) is 4.79 Å². The molecule has 0 spiro atoms. The highest BCUT2D eigenvalue weighted by Gasteiger charge is 2.34. The van der Waals surface area contributed by atoms with Crippen LogP contribution in [0.4, 0.5) is 0 Å². The Labute approximate surface area is 131 Å². The van der Waals surface area contributed by atoms with E-state index in [0.29, 0.717) is 11.8 Å². The van der Waals surface area contributed by atoms with Crippen LogP contribution in [0.15, 0.2) is 47.3 Å². The molecule has 0 N–H and O–H groups in total. The van der Waals surface area contributed by atoms with E-state index in [1.807, 2.05) is 10.6 Å². The highest BCUT2D eigenvalue weighted by molar-refractivity contribution is 5.22.